The van der Waals surface area contributed by atoms with Gasteiger partial charge in [0.2, 0.25) is 15.9 Å². The average molecular weight is 479 g/mol. The summed E-state index contributed by atoms with van der Waals surface area (Å²) >= 11 is 0. The number of anilines is 2. The Kier molecular flexibility index (Phi) is 7.83. The first-order chi connectivity index (χ1) is 16.2. The Morgan fingerprint density at radius 3 is 2.21 bits per heavy atom. The van der Waals surface area contributed by atoms with E-state index in [2.05, 4.69) is 21.9 Å². The van der Waals surface area contributed by atoms with Crippen LogP contribution >= 0.6 is 0 Å². The number of primary amides is 1. The second kappa shape index (κ2) is 10.8. The highest BCUT2D eigenvalue weighted by Crippen LogP contribution is 2.23. The lowest BCUT2D eigenvalue weighted by Crippen LogP contribution is -2.37. The summed E-state index contributed by atoms with van der Waals surface area (Å²) in [4.78, 5) is 24.1. The molecule has 176 valence electrons. The van der Waals surface area contributed by atoms with Crippen LogP contribution in [0, 0.1) is 0 Å². The van der Waals surface area contributed by atoms with Crippen LogP contribution in [0.15, 0.2) is 84.3 Å². The predicted molar refractivity (Wildman–Crippen MR) is 134 cm³/mol. The maximum absolute atomic E-state index is 13.2. The maximum atomic E-state index is 13.2. The van der Waals surface area contributed by atoms with Crippen molar-refractivity contribution in [1.29, 1.82) is 0 Å². The first-order valence-corrected chi connectivity index (χ1v) is 12.0. The summed E-state index contributed by atoms with van der Waals surface area (Å²) in [6, 6.07) is 17.5. The van der Waals surface area contributed by atoms with Crippen molar-refractivity contribution in [2.24, 2.45) is 5.73 Å². The molecule has 3 amide bonds. The molecule has 8 nitrogen and oxygen atoms in total. The fourth-order valence-corrected chi connectivity index (χ4v) is 4.58. The molecule has 0 saturated heterocycles. The van der Waals surface area contributed by atoms with Gasteiger partial charge in [-0.15, -0.1) is 0 Å². The minimum absolute atomic E-state index is 0.0718. The third-order valence-corrected chi connectivity index (χ3v) is 6.55. The lowest BCUT2D eigenvalue weighted by Gasteiger charge is -2.19. The summed E-state index contributed by atoms with van der Waals surface area (Å²) in [5.41, 5.74) is 8.40. The predicted octanol–water partition coefficient (Wildman–Crippen LogP) is 4.04. The van der Waals surface area contributed by atoms with Crippen molar-refractivity contribution in [1.82, 2.24) is 4.72 Å². The summed E-state index contributed by atoms with van der Waals surface area (Å²) < 4.78 is 28.6. The van der Waals surface area contributed by atoms with Crippen molar-refractivity contribution >= 4 is 39.4 Å². The van der Waals surface area contributed by atoms with Crippen molar-refractivity contribution < 1.29 is 18.0 Å². The summed E-state index contributed by atoms with van der Waals surface area (Å²) in [5.74, 6) is -0.541. The van der Waals surface area contributed by atoms with Gasteiger partial charge < -0.3 is 16.4 Å². The molecule has 3 aromatic rings. The number of benzene rings is 3. The molecule has 3 aromatic carbocycles. The van der Waals surface area contributed by atoms with E-state index in [-0.39, 0.29) is 4.90 Å². The van der Waals surface area contributed by atoms with E-state index in [1.165, 1.54) is 24.3 Å². The standard InChI is InChI=1S/C25H26N4O4S/c1-3-17-10-11-21(16-18(17)4-2)27-24(30)23(19-8-6-5-7-9-19)29-34(32,33)22-14-12-20(13-15-22)28-25(26)31/h4-16,23,29H,2-3H2,1H3,(H,27,30)(H3,26,28,31). The summed E-state index contributed by atoms with van der Waals surface area (Å²) in [6.07, 6.45) is 2.53. The molecule has 9 heteroatoms. The van der Waals surface area contributed by atoms with Crippen molar-refractivity contribution in [3.63, 3.8) is 0 Å². The van der Waals surface area contributed by atoms with Crippen LogP contribution in [0.25, 0.3) is 6.08 Å². The van der Waals surface area contributed by atoms with Gasteiger partial charge in [-0.2, -0.15) is 4.72 Å². The molecule has 5 N–H and O–H groups in total. The van der Waals surface area contributed by atoms with E-state index in [0.29, 0.717) is 16.9 Å². The molecular weight excluding hydrogens is 452 g/mol. The highest BCUT2D eigenvalue weighted by Gasteiger charge is 2.27. The van der Waals surface area contributed by atoms with Crippen molar-refractivity contribution in [2.45, 2.75) is 24.3 Å². The molecule has 0 saturated carbocycles. The molecule has 1 unspecified atom stereocenters. The lowest BCUT2D eigenvalue weighted by atomic mass is 10.0. The Morgan fingerprint density at radius 1 is 0.971 bits per heavy atom. The van der Waals surface area contributed by atoms with Gasteiger partial charge in [-0.3, -0.25) is 4.79 Å². The molecule has 0 heterocycles. The number of hydrogen-bond acceptors (Lipinski definition) is 4. The fraction of sp³-hybridized carbons (Fsp3) is 0.120. The third kappa shape index (κ3) is 6.09. The number of aryl methyl sites for hydroxylation is 1. The van der Waals surface area contributed by atoms with Crippen molar-refractivity contribution in [3.05, 3.63) is 96.1 Å². The average Bonchev–Trinajstić information content (AvgIpc) is 2.83. The fourth-order valence-electron chi connectivity index (χ4n) is 3.40. The number of rotatable bonds is 9. The van der Waals surface area contributed by atoms with Gasteiger partial charge in [0.15, 0.2) is 0 Å². The van der Waals surface area contributed by atoms with Crippen LogP contribution in [0.4, 0.5) is 16.2 Å². The molecule has 34 heavy (non-hydrogen) atoms. The van der Waals surface area contributed by atoms with Gasteiger partial charge >= 0.3 is 6.03 Å². The molecule has 0 spiro atoms. The van der Waals surface area contributed by atoms with Crippen molar-refractivity contribution in [3.8, 4) is 0 Å². The molecule has 0 radical (unpaired) electrons. The monoisotopic (exact) mass is 478 g/mol. The van der Waals surface area contributed by atoms with E-state index >= 15 is 0 Å². The summed E-state index contributed by atoms with van der Waals surface area (Å²) in [6.45, 7) is 5.84. The molecule has 1 atom stereocenters. The van der Waals surface area contributed by atoms with Gasteiger partial charge in [0.25, 0.3) is 0 Å². The number of nitrogens with two attached hydrogens (primary N) is 1. The number of carbonyl (C=O) groups is 2. The Labute approximate surface area is 198 Å². The highest BCUT2D eigenvalue weighted by atomic mass is 32.2. The molecule has 3 rings (SSSR count). The molecule has 0 fully saturated rings. The first kappa shape index (κ1) is 24.7. The van der Waals surface area contributed by atoms with Crippen LogP contribution in [-0.2, 0) is 21.2 Å². The van der Waals surface area contributed by atoms with Gasteiger partial charge in [-0.25, -0.2) is 13.2 Å². The quantitative estimate of drug-likeness (QED) is 0.370. The molecule has 0 aliphatic heterocycles. The van der Waals surface area contributed by atoms with Crippen LogP contribution in [0.3, 0.4) is 0 Å². The minimum Gasteiger partial charge on any atom is -0.351 e. The molecule has 0 aliphatic carbocycles. The zero-order chi connectivity index (χ0) is 24.7. The van der Waals surface area contributed by atoms with Gasteiger partial charge in [-0.05, 0) is 59.5 Å². The number of urea groups is 1. The lowest BCUT2D eigenvalue weighted by molar-refractivity contribution is -0.117. The van der Waals surface area contributed by atoms with E-state index in [1.807, 2.05) is 13.0 Å². The maximum Gasteiger partial charge on any atom is 0.316 e. The Morgan fingerprint density at radius 2 is 1.62 bits per heavy atom. The van der Waals surface area contributed by atoms with Crippen LogP contribution in [-0.4, -0.2) is 20.4 Å². The number of amides is 3. The van der Waals surface area contributed by atoms with Gasteiger partial charge in [-0.1, -0.05) is 56.0 Å². The normalized spacial score (nSPS) is 11.9. The van der Waals surface area contributed by atoms with Crippen LogP contribution in [0.2, 0.25) is 0 Å². The Balaban J connectivity index is 1.88. The smallest absolute Gasteiger partial charge is 0.316 e. The Bertz CT molecular complexity index is 1290. The SMILES string of the molecule is C=Cc1cc(NC(=O)C(NS(=O)(=O)c2ccc(NC(N)=O)cc2)c2ccccc2)ccc1CC. The molecular formula is C25H26N4O4S. The van der Waals surface area contributed by atoms with E-state index in [4.69, 9.17) is 5.73 Å². The van der Waals surface area contributed by atoms with Gasteiger partial charge in [0.05, 0.1) is 4.90 Å². The van der Waals surface area contributed by atoms with E-state index in [1.54, 1.807) is 48.5 Å². The second-order valence-electron chi connectivity index (χ2n) is 7.44. The zero-order valence-electron chi connectivity index (χ0n) is 18.6. The molecule has 0 aromatic heterocycles. The molecule has 0 aliphatic rings. The zero-order valence-corrected chi connectivity index (χ0v) is 19.4. The Hall–Kier alpha value is -3.95. The number of sulfonamides is 1. The van der Waals surface area contributed by atoms with Crippen LogP contribution in [0.5, 0.6) is 0 Å². The van der Waals surface area contributed by atoms with Crippen LogP contribution in [0.1, 0.15) is 29.7 Å². The minimum atomic E-state index is -4.08. The number of carbonyl (C=O) groups excluding carboxylic acids is 2. The van der Waals surface area contributed by atoms with E-state index < -0.39 is 28.0 Å². The van der Waals surface area contributed by atoms with Gasteiger partial charge in [0, 0.05) is 11.4 Å². The molecule has 0 bridgehead atoms. The second-order valence-corrected chi connectivity index (χ2v) is 9.15. The van der Waals surface area contributed by atoms with Crippen molar-refractivity contribution in [2.75, 3.05) is 10.6 Å². The van der Waals surface area contributed by atoms with Gasteiger partial charge in [0.1, 0.15) is 6.04 Å². The van der Waals surface area contributed by atoms with E-state index in [0.717, 1.165) is 17.5 Å². The highest BCUT2D eigenvalue weighted by molar-refractivity contribution is 7.89. The van der Waals surface area contributed by atoms with Crippen LogP contribution < -0.4 is 21.1 Å². The third-order valence-electron chi connectivity index (χ3n) is 5.11. The number of nitrogens with one attached hydrogen (secondary N) is 3. The summed E-state index contributed by atoms with van der Waals surface area (Å²) in [5, 5.41) is 5.16. The number of hydrogen-bond donors (Lipinski definition) is 4. The first-order valence-electron chi connectivity index (χ1n) is 10.5. The topological polar surface area (TPSA) is 130 Å². The largest absolute Gasteiger partial charge is 0.351 e. The summed E-state index contributed by atoms with van der Waals surface area (Å²) in [7, 11) is -4.08. The van der Waals surface area contributed by atoms with E-state index in [9.17, 15) is 18.0 Å².